The van der Waals surface area contributed by atoms with Gasteiger partial charge in [0.2, 0.25) is 0 Å². The molecule has 0 amide bonds. The molecule has 17 heavy (non-hydrogen) atoms. The number of piperidine rings is 1. The maximum Gasteiger partial charge on any atom is 0.108 e. The Morgan fingerprint density at radius 3 is 3.18 bits per heavy atom. The summed E-state index contributed by atoms with van der Waals surface area (Å²) in [6, 6.07) is 6.42. The van der Waals surface area contributed by atoms with E-state index in [1.165, 1.54) is 30.3 Å². The van der Waals surface area contributed by atoms with Gasteiger partial charge in [-0.15, -0.1) is 0 Å². The van der Waals surface area contributed by atoms with Gasteiger partial charge < -0.3 is 5.32 Å². The second kappa shape index (κ2) is 4.78. The van der Waals surface area contributed by atoms with Crippen LogP contribution >= 0.6 is 15.9 Å². The summed E-state index contributed by atoms with van der Waals surface area (Å²) in [6.07, 6.45) is 3.75. The molecule has 4 heteroatoms. The fourth-order valence-corrected chi connectivity index (χ4v) is 3.05. The van der Waals surface area contributed by atoms with Crippen molar-refractivity contribution in [2.24, 2.45) is 5.92 Å². The van der Waals surface area contributed by atoms with Crippen molar-refractivity contribution in [3.8, 4) is 0 Å². The van der Waals surface area contributed by atoms with Crippen LogP contribution in [0.15, 0.2) is 22.8 Å². The molecule has 0 bridgehead atoms. The van der Waals surface area contributed by atoms with Gasteiger partial charge in [-0.1, -0.05) is 18.2 Å². The van der Waals surface area contributed by atoms with Crippen LogP contribution in [0.4, 0.5) is 0 Å². The second-order valence-corrected chi connectivity index (χ2v) is 5.56. The van der Waals surface area contributed by atoms with E-state index in [-0.39, 0.29) is 0 Å². The molecule has 1 aliphatic rings. The summed E-state index contributed by atoms with van der Waals surface area (Å²) in [5.41, 5.74) is 2.48. The Labute approximate surface area is 109 Å². The number of H-pyrrole nitrogens is 1. The van der Waals surface area contributed by atoms with E-state index >= 15 is 0 Å². The molecule has 0 aliphatic carbocycles. The topological polar surface area (TPSA) is 40.7 Å². The molecule has 1 atom stereocenters. The number of nitrogens with zero attached hydrogens (tertiary/aromatic N) is 1. The van der Waals surface area contributed by atoms with Crippen LogP contribution in [0.1, 0.15) is 18.4 Å². The van der Waals surface area contributed by atoms with Crippen LogP contribution in [0.2, 0.25) is 0 Å². The highest BCUT2D eigenvalue weighted by Crippen LogP contribution is 2.26. The van der Waals surface area contributed by atoms with Crippen LogP contribution in [-0.2, 0) is 6.42 Å². The molecular weight excluding hydrogens is 278 g/mol. The molecule has 2 heterocycles. The third-order valence-electron chi connectivity index (χ3n) is 3.53. The molecule has 1 aliphatic heterocycles. The molecule has 1 aromatic carbocycles. The molecule has 2 aromatic rings. The van der Waals surface area contributed by atoms with Gasteiger partial charge in [-0.05, 0) is 59.8 Å². The van der Waals surface area contributed by atoms with Crippen molar-refractivity contribution in [3.05, 3.63) is 28.4 Å². The molecule has 1 fully saturated rings. The number of aromatic nitrogens is 2. The normalized spacial score (nSPS) is 20.9. The van der Waals surface area contributed by atoms with Crippen molar-refractivity contribution in [1.82, 2.24) is 15.5 Å². The van der Waals surface area contributed by atoms with E-state index in [4.69, 9.17) is 0 Å². The number of para-hydroxylation sites is 1. The Bertz CT molecular complexity index is 514. The van der Waals surface area contributed by atoms with Gasteiger partial charge in [0.05, 0.1) is 5.52 Å². The minimum absolute atomic E-state index is 0.754. The smallest absolute Gasteiger partial charge is 0.108 e. The molecule has 1 unspecified atom stereocenters. The largest absolute Gasteiger partial charge is 0.316 e. The maximum atomic E-state index is 4.39. The Kier molecular flexibility index (Phi) is 3.16. The van der Waals surface area contributed by atoms with Crippen LogP contribution in [0.5, 0.6) is 0 Å². The van der Waals surface area contributed by atoms with Crippen molar-refractivity contribution < 1.29 is 0 Å². The molecule has 2 N–H and O–H groups in total. The lowest BCUT2D eigenvalue weighted by atomic mass is 9.91. The highest BCUT2D eigenvalue weighted by molar-refractivity contribution is 9.10. The molecule has 3 nitrogen and oxygen atoms in total. The third-order valence-corrected chi connectivity index (χ3v) is 4.13. The minimum Gasteiger partial charge on any atom is -0.316 e. The predicted molar refractivity (Wildman–Crippen MR) is 73.1 cm³/mol. The fraction of sp³-hybridized carbons (Fsp3) is 0.462. The number of rotatable bonds is 2. The number of halogens is 1. The summed E-state index contributed by atoms with van der Waals surface area (Å²) >= 11 is 3.50. The zero-order valence-electron chi connectivity index (χ0n) is 9.67. The highest BCUT2D eigenvalue weighted by atomic mass is 79.9. The number of fused-ring (bicyclic) bond motifs is 1. The highest BCUT2D eigenvalue weighted by Gasteiger charge is 2.16. The van der Waals surface area contributed by atoms with Crippen LogP contribution in [0.3, 0.4) is 0 Å². The zero-order valence-corrected chi connectivity index (χ0v) is 11.3. The monoisotopic (exact) mass is 293 g/mol. The lowest BCUT2D eigenvalue weighted by Gasteiger charge is -2.22. The van der Waals surface area contributed by atoms with E-state index in [1.54, 1.807) is 0 Å². The van der Waals surface area contributed by atoms with Crippen LogP contribution in [-0.4, -0.2) is 23.3 Å². The lowest BCUT2D eigenvalue weighted by molar-refractivity contribution is 0.376. The average Bonchev–Trinajstić information content (AvgIpc) is 2.74. The Balaban J connectivity index is 1.89. The van der Waals surface area contributed by atoms with Crippen molar-refractivity contribution in [3.63, 3.8) is 0 Å². The molecule has 1 aromatic heterocycles. The maximum absolute atomic E-state index is 4.39. The van der Waals surface area contributed by atoms with Gasteiger partial charge in [0.25, 0.3) is 0 Å². The van der Waals surface area contributed by atoms with Gasteiger partial charge in [-0.2, -0.15) is 5.10 Å². The van der Waals surface area contributed by atoms with E-state index < -0.39 is 0 Å². The summed E-state index contributed by atoms with van der Waals surface area (Å²) in [6.45, 7) is 2.32. The van der Waals surface area contributed by atoms with Gasteiger partial charge in [-0.25, -0.2) is 0 Å². The van der Waals surface area contributed by atoms with Gasteiger partial charge >= 0.3 is 0 Å². The van der Waals surface area contributed by atoms with Crippen molar-refractivity contribution in [2.75, 3.05) is 13.1 Å². The minimum atomic E-state index is 0.754. The molecule has 3 rings (SSSR count). The number of benzene rings is 1. The SMILES string of the molecule is Brc1[nH]nc2c(CC3CCCNC3)cccc12. The zero-order chi connectivity index (χ0) is 11.7. The molecule has 0 spiro atoms. The first-order chi connectivity index (χ1) is 8.34. The standard InChI is InChI=1S/C13H16BrN3/c14-13-11-5-1-4-10(12(11)16-17-13)7-9-3-2-6-15-8-9/h1,4-5,9,15H,2-3,6-8H2,(H,16,17). The Hall–Kier alpha value is -0.870. The molecule has 1 saturated heterocycles. The Morgan fingerprint density at radius 2 is 2.35 bits per heavy atom. The predicted octanol–water partition coefficient (Wildman–Crippen LogP) is 2.87. The first kappa shape index (κ1) is 11.2. The van der Waals surface area contributed by atoms with Crippen molar-refractivity contribution in [1.29, 1.82) is 0 Å². The lowest BCUT2D eigenvalue weighted by Crippen LogP contribution is -2.30. The van der Waals surface area contributed by atoms with Crippen LogP contribution in [0, 0.1) is 5.92 Å². The number of hydrogen-bond donors (Lipinski definition) is 2. The third kappa shape index (κ3) is 2.24. The molecule has 0 saturated carbocycles. The van der Waals surface area contributed by atoms with E-state index in [0.717, 1.165) is 29.0 Å². The summed E-state index contributed by atoms with van der Waals surface area (Å²) in [5.74, 6) is 0.754. The molecule has 0 radical (unpaired) electrons. The second-order valence-electron chi connectivity index (χ2n) is 4.77. The van der Waals surface area contributed by atoms with Crippen LogP contribution in [0.25, 0.3) is 10.9 Å². The van der Waals surface area contributed by atoms with Gasteiger partial charge in [-0.3, -0.25) is 5.10 Å². The first-order valence-electron chi connectivity index (χ1n) is 6.17. The summed E-state index contributed by atoms with van der Waals surface area (Å²) in [4.78, 5) is 0. The number of nitrogens with one attached hydrogen (secondary N) is 2. The quantitative estimate of drug-likeness (QED) is 0.894. The fourth-order valence-electron chi connectivity index (χ4n) is 2.64. The summed E-state index contributed by atoms with van der Waals surface area (Å²) in [5, 5.41) is 12.1. The van der Waals surface area contributed by atoms with Crippen molar-refractivity contribution in [2.45, 2.75) is 19.3 Å². The van der Waals surface area contributed by atoms with Crippen molar-refractivity contribution >= 4 is 26.8 Å². The average molecular weight is 294 g/mol. The van der Waals surface area contributed by atoms with E-state index in [0.29, 0.717) is 0 Å². The molecule has 90 valence electrons. The number of hydrogen-bond acceptors (Lipinski definition) is 2. The molecular formula is C13H16BrN3. The van der Waals surface area contributed by atoms with Crippen LogP contribution < -0.4 is 5.32 Å². The first-order valence-corrected chi connectivity index (χ1v) is 6.96. The van der Waals surface area contributed by atoms with E-state index in [9.17, 15) is 0 Å². The summed E-state index contributed by atoms with van der Waals surface area (Å²) in [7, 11) is 0. The van der Waals surface area contributed by atoms with E-state index in [1.807, 2.05) is 0 Å². The Morgan fingerprint density at radius 1 is 1.41 bits per heavy atom. The van der Waals surface area contributed by atoms with E-state index in [2.05, 4.69) is 49.6 Å². The van der Waals surface area contributed by atoms with Gasteiger partial charge in [0.1, 0.15) is 4.60 Å². The summed E-state index contributed by atoms with van der Waals surface area (Å²) < 4.78 is 0.983. The number of aromatic amines is 1. The van der Waals surface area contributed by atoms with Gasteiger partial charge in [0, 0.05) is 5.39 Å². The van der Waals surface area contributed by atoms with Gasteiger partial charge in [0.15, 0.2) is 0 Å².